The Labute approximate surface area is 64.7 Å². The fraction of sp³-hybridized carbons (Fsp3) is 0.286. The minimum atomic E-state index is 0.204. The molecule has 4 heteroatoms. The Morgan fingerprint density at radius 3 is 3.36 bits per heavy atom. The molecule has 0 amide bonds. The molecule has 58 valence electrons. The molecule has 1 aliphatic heterocycles. The van der Waals surface area contributed by atoms with E-state index in [2.05, 4.69) is 10.3 Å². The Bertz CT molecular complexity index is 299. The van der Waals surface area contributed by atoms with E-state index in [0.29, 0.717) is 5.82 Å². The van der Waals surface area contributed by atoms with Gasteiger partial charge >= 0.3 is 0 Å². The second kappa shape index (κ2) is 2.02. The van der Waals surface area contributed by atoms with Gasteiger partial charge in [-0.15, -0.1) is 0 Å². The van der Waals surface area contributed by atoms with Crippen LogP contribution < -0.4 is 11.1 Å². The summed E-state index contributed by atoms with van der Waals surface area (Å²) in [6.45, 7) is 2.03. The summed E-state index contributed by atoms with van der Waals surface area (Å²) >= 11 is 0. The van der Waals surface area contributed by atoms with E-state index in [0.717, 1.165) is 5.82 Å². The molecule has 1 aromatic rings. The molecule has 1 aromatic heterocycles. The van der Waals surface area contributed by atoms with Gasteiger partial charge in [0, 0.05) is 12.4 Å². The lowest BCUT2D eigenvalue weighted by molar-refractivity contribution is 0.584. The molecule has 2 heterocycles. The number of nitrogens with zero attached hydrogens (tertiary/aromatic N) is 2. The molecule has 3 N–H and O–H groups in total. The van der Waals surface area contributed by atoms with Gasteiger partial charge in [0.1, 0.15) is 11.6 Å². The molecule has 0 fully saturated rings. The van der Waals surface area contributed by atoms with Crippen molar-refractivity contribution >= 4 is 6.20 Å². The Hall–Kier alpha value is -1.45. The van der Waals surface area contributed by atoms with Crippen LogP contribution in [-0.2, 0) is 0 Å². The third-order valence-corrected chi connectivity index (χ3v) is 1.75. The van der Waals surface area contributed by atoms with Gasteiger partial charge in [0.15, 0.2) is 0 Å². The van der Waals surface area contributed by atoms with Crippen molar-refractivity contribution in [3.8, 4) is 0 Å². The largest absolute Gasteiger partial charge is 0.384 e. The highest BCUT2D eigenvalue weighted by Gasteiger charge is 2.14. The normalized spacial score (nSPS) is 21.9. The third kappa shape index (κ3) is 0.869. The second-order valence-electron chi connectivity index (χ2n) is 2.64. The molecule has 4 nitrogen and oxygen atoms in total. The van der Waals surface area contributed by atoms with E-state index < -0.39 is 0 Å². The number of rotatable bonds is 0. The second-order valence-corrected chi connectivity index (χ2v) is 2.64. The van der Waals surface area contributed by atoms with Crippen LogP contribution in [0.3, 0.4) is 0 Å². The van der Waals surface area contributed by atoms with Crippen LogP contribution in [0.1, 0.15) is 18.8 Å². The minimum absolute atomic E-state index is 0.204. The van der Waals surface area contributed by atoms with Crippen molar-refractivity contribution in [2.24, 2.45) is 5.73 Å². The summed E-state index contributed by atoms with van der Waals surface area (Å²) < 4.78 is 1.93. The van der Waals surface area contributed by atoms with Crippen LogP contribution in [0.5, 0.6) is 0 Å². The number of imidazole rings is 1. The highest BCUT2D eigenvalue weighted by atomic mass is 15.2. The molecular weight excluding hydrogens is 140 g/mol. The van der Waals surface area contributed by atoms with Crippen LogP contribution in [0.25, 0.3) is 6.20 Å². The van der Waals surface area contributed by atoms with Gasteiger partial charge in [-0.1, -0.05) is 0 Å². The van der Waals surface area contributed by atoms with E-state index in [1.807, 2.05) is 23.9 Å². The van der Waals surface area contributed by atoms with E-state index in [-0.39, 0.29) is 6.04 Å². The van der Waals surface area contributed by atoms with Crippen molar-refractivity contribution in [2.45, 2.75) is 13.0 Å². The highest BCUT2D eigenvalue weighted by Crippen LogP contribution is 2.15. The fourth-order valence-corrected chi connectivity index (χ4v) is 1.27. The van der Waals surface area contributed by atoms with E-state index in [1.165, 1.54) is 0 Å². The summed E-state index contributed by atoms with van der Waals surface area (Å²) in [7, 11) is 0. The lowest BCUT2D eigenvalue weighted by atomic mass is 10.3. The lowest BCUT2D eigenvalue weighted by Gasteiger charge is -2.20. The van der Waals surface area contributed by atoms with Gasteiger partial charge in [0.05, 0.1) is 12.2 Å². The molecule has 0 bridgehead atoms. The predicted octanol–water partition coefficient (Wildman–Crippen LogP) is 0.262. The Kier molecular flexibility index (Phi) is 1.15. The molecule has 0 aromatic carbocycles. The maximum Gasteiger partial charge on any atom is 0.135 e. The molecule has 1 atom stereocenters. The van der Waals surface area contributed by atoms with Crippen LogP contribution >= 0.6 is 0 Å². The van der Waals surface area contributed by atoms with Gasteiger partial charge < -0.3 is 15.6 Å². The molecule has 11 heavy (non-hydrogen) atoms. The predicted molar refractivity (Wildman–Crippen MR) is 42.2 cm³/mol. The Morgan fingerprint density at radius 1 is 1.73 bits per heavy atom. The van der Waals surface area contributed by atoms with Crippen molar-refractivity contribution in [3.05, 3.63) is 24.0 Å². The average Bonchev–Trinajstić information content (AvgIpc) is 2.34. The smallest absolute Gasteiger partial charge is 0.135 e. The lowest BCUT2D eigenvalue weighted by Crippen LogP contribution is -2.29. The van der Waals surface area contributed by atoms with Crippen LogP contribution in [-0.4, -0.2) is 9.55 Å². The maximum atomic E-state index is 5.60. The summed E-state index contributed by atoms with van der Waals surface area (Å²) in [6.07, 6.45) is 5.48. The van der Waals surface area contributed by atoms with Crippen LogP contribution in [0.2, 0.25) is 0 Å². The molecule has 0 saturated heterocycles. The first-order chi connectivity index (χ1) is 5.27. The van der Waals surface area contributed by atoms with Gasteiger partial charge in [0.2, 0.25) is 0 Å². The number of nitrogens with two attached hydrogens (primary N) is 1. The van der Waals surface area contributed by atoms with Gasteiger partial charge in [0.25, 0.3) is 0 Å². The van der Waals surface area contributed by atoms with Crippen LogP contribution in [0, 0.1) is 0 Å². The Morgan fingerprint density at radius 2 is 2.55 bits per heavy atom. The van der Waals surface area contributed by atoms with Crippen molar-refractivity contribution in [1.82, 2.24) is 14.9 Å². The van der Waals surface area contributed by atoms with E-state index >= 15 is 0 Å². The standard InChI is InChI=1S/C7H10N4/c1-5-7-9-2-3-11(7)4-6(8)10-5/h2-5,10H,8H2,1H3. The zero-order chi connectivity index (χ0) is 7.84. The SMILES string of the molecule is CC1NC(N)=Cn2ccnc21. The minimum Gasteiger partial charge on any atom is -0.384 e. The van der Waals surface area contributed by atoms with Crippen molar-refractivity contribution < 1.29 is 0 Å². The first-order valence-electron chi connectivity index (χ1n) is 3.54. The summed E-state index contributed by atoms with van der Waals surface area (Å²) in [6, 6.07) is 0.204. The van der Waals surface area contributed by atoms with Crippen LogP contribution in [0.4, 0.5) is 0 Å². The van der Waals surface area contributed by atoms with Gasteiger partial charge in [-0.3, -0.25) is 0 Å². The quantitative estimate of drug-likeness (QED) is 0.558. The number of hydrogen-bond donors (Lipinski definition) is 2. The molecular formula is C7H10N4. The number of hydrogen-bond acceptors (Lipinski definition) is 3. The van der Waals surface area contributed by atoms with E-state index in [9.17, 15) is 0 Å². The zero-order valence-corrected chi connectivity index (χ0v) is 6.28. The molecule has 2 rings (SSSR count). The Balaban J connectivity index is 2.51. The van der Waals surface area contributed by atoms with Gasteiger partial charge in [-0.05, 0) is 6.92 Å². The van der Waals surface area contributed by atoms with E-state index in [1.54, 1.807) is 6.20 Å². The first kappa shape index (κ1) is 6.27. The molecule has 0 spiro atoms. The van der Waals surface area contributed by atoms with Gasteiger partial charge in [-0.25, -0.2) is 4.98 Å². The maximum absolute atomic E-state index is 5.60. The summed E-state index contributed by atoms with van der Waals surface area (Å²) in [5, 5.41) is 3.08. The fourth-order valence-electron chi connectivity index (χ4n) is 1.27. The average molecular weight is 150 g/mol. The first-order valence-corrected chi connectivity index (χ1v) is 3.54. The molecule has 0 radical (unpaired) electrons. The third-order valence-electron chi connectivity index (χ3n) is 1.75. The highest BCUT2D eigenvalue weighted by molar-refractivity contribution is 5.34. The van der Waals surface area contributed by atoms with Crippen molar-refractivity contribution in [3.63, 3.8) is 0 Å². The van der Waals surface area contributed by atoms with Crippen molar-refractivity contribution in [2.75, 3.05) is 0 Å². The van der Waals surface area contributed by atoms with Gasteiger partial charge in [-0.2, -0.15) is 0 Å². The number of nitrogens with one attached hydrogen (secondary N) is 1. The molecule has 1 aliphatic rings. The summed E-state index contributed by atoms with van der Waals surface area (Å²) in [5.74, 6) is 1.68. The van der Waals surface area contributed by atoms with Crippen molar-refractivity contribution in [1.29, 1.82) is 0 Å². The molecule has 1 unspecified atom stereocenters. The molecule has 0 saturated carbocycles. The monoisotopic (exact) mass is 150 g/mol. The number of aromatic nitrogens is 2. The zero-order valence-electron chi connectivity index (χ0n) is 6.28. The van der Waals surface area contributed by atoms with E-state index in [4.69, 9.17) is 5.73 Å². The van der Waals surface area contributed by atoms with Crippen LogP contribution in [0.15, 0.2) is 18.2 Å². The molecule has 0 aliphatic carbocycles. The number of fused-ring (bicyclic) bond motifs is 1. The summed E-state index contributed by atoms with van der Waals surface area (Å²) in [5.41, 5.74) is 5.60. The topological polar surface area (TPSA) is 55.9 Å². The summed E-state index contributed by atoms with van der Waals surface area (Å²) in [4.78, 5) is 4.17.